The summed E-state index contributed by atoms with van der Waals surface area (Å²) in [5, 5.41) is 0. The fourth-order valence-electron chi connectivity index (χ4n) is 2.65. The number of piperidine rings is 1. The summed E-state index contributed by atoms with van der Waals surface area (Å²) in [7, 11) is 0. The smallest absolute Gasteiger partial charge is 0.0555 e. The summed E-state index contributed by atoms with van der Waals surface area (Å²) in [5.41, 5.74) is 7.83. The van der Waals surface area contributed by atoms with E-state index in [4.69, 9.17) is 5.73 Å². The number of hydrogen-bond donors (Lipinski definition) is 1. The largest absolute Gasteiger partial charge is 0.320 e. The number of nitrogens with two attached hydrogens (primary N) is 1. The second-order valence-electron chi connectivity index (χ2n) is 5.68. The molecule has 0 bridgehead atoms. The van der Waals surface area contributed by atoms with E-state index in [-0.39, 0.29) is 0 Å². The van der Waals surface area contributed by atoms with Crippen LogP contribution in [0.4, 0.5) is 0 Å². The molecule has 2 unspecified atom stereocenters. The minimum Gasteiger partial charge on any atom is -0.320 e. The Morgan fingerprint density at radius 3 is 2.89 bits per heavy atom. The van der Waals surface area contributed by atoms with Crippen LogP contribution in [0, 0.1) is 23.7 Å². The molecule has 2 atom stereocenters. The molecule has 1 heterocycles. The second-order valence-corrected chi connectivity index (χ2v) is 5.68. The van der Waals surface area contributed by atoms with Crippen molar-refractivity contribution in [3.05, 3.63) is 35.4 Å². The monoisotopic (exact) mass is 256 g/mol. The first kappa shape index (κ1) is 14.1. The van der Waals surface area contributed by atoms with Gasteiger partial charge in [0.15, 0.2) is 0 Å². The lowest BCUT2D eigenvalue weighted by Gasteiger charge is -2.35. The van der Waals surface area contributed by atoms with Gasteiger partial charge in [-0.15, -0.1) is 0 Å². The van der Waals surface area contributed by atoms with Crippen molar-refractivity contribution < 1.29 is 0 Å². The van der Waals surface area contributed by atoms with Crippen LogP contribution in [0.3, 0.4) is 0 Å². The molecule has 1 aliphatic heterocycles. The summed E-state index contributed by atoms with van der Waals surface area (Å²) in [6.45, 7) is 8.61. The quantitative estimate of drug-likeness (QED) is 0.824. The van der Waals surface area contributed by atoms with Crippen molar-refractivity contribution in [2.75, 3.05) is 19.6 Å². The van der Waals surface area contributed by atoms with Crippen LogP contribution in [0.5, 0.6) is 0 Å². The van der Waals surface area contributed by atoms with Crippen molar-refractivity contribution in [3.8, 4) is 11.8 Å². The lowest BCUT2D eigenvalue weighted by atomic mass is 9.88. The van der Waals surface area contributed by atoms with Gasteiger partial charge in [0.05, 0.1) is 6.54 Å². The molecule has 1 saturated heterocycles. The molecule has 2 heteroatoms. The maximum absolute atomic E-state index is 5.41. The maximum Gasteiger partial charge on any atom is 0.0555 e. The molecule has 102 valence electrons. The number of hydrogen-bond acceptors (Lipinski definition) is 2. The normalized spacial score (nSPS) is 23.7. The summed E-state index contributed by atoms with van der Waals surface area (Å²) in [6.07, 6.45) is 1.31. The predicted molar refractivity (Wildman–Crippen MR) is 80.6 cm³/mol. The van der Waals surface area contributed by atoms with Gasteiger partial charge in [0.25, 0.3) is 0 Å². The van der Waals surface area contributed by atoms with Crippen molar-refractivity contribution >= 4 is 0 Å². The molecule has 0 amide bonds. The van der Waals surface area contributed by atoms with Crippen LogP contribution in [0.15, 0.2) is 24.3 Å². The number of rotatable bonds is 2. The minimum absolute atomic E-state index is 0.422. The van der Waals surface area contributed by atoms with Crippen molar-refractivity contribution in [1.29, 1.82) is 0 Å². The average molecular weight is 256 g/mol. The molecular formula is C17H24N2. The van der Waals surface area contributed by atoms with Gasteiger partial charge in [0.1, 0.15) is 0 Å². The van der Waals surface area contributed by atoms with Gasteiger partial charge in [-0.2, -0.15) is 0 Å². The van der Waals surface area contributed by atoms with Crippen molar-refractivity contribution in [1.82, 2.24) is 4.90 Å². The Balaban J connectivity index is 1.99. The first-order valence-corrected chi connectivity index (χ1v) is 7.19. The molecule has 1 aromatic rings. The summed E-state index contributed by atoms with van der Waals surface area (Å²) in [5.74, 6) is 7.68. The van der Waals surface area contributed by atoms with Gasteiger partial charge in [0, 0.05) is 18.7 Å². The summed E-state index contributed by atoms with van der Waals surface area (Å²) >= 11 is 0. The summed E-state index contributed by atoms with van der Waals surface area (Å²) in [4.78, 5) is 2.56. The van der Waals surface area contributed by atoms with Gasteiger partial charge in [0.2, 0.25) is 0 Å². The van der Waals surface area contributed by atoms with E-state index in [1.54, 1.807) is 0 Å². The lowest BCUT2D eigenvalue weighted by molar-refractivity contribution is 0.132. The summed E-state index contributed by atoms with van der Waals surface area (Å²) < 4.78 is 0. The van der Waals surface area contributed by atoms with Gasteiger partial charge < -0.3 is 5.73 Å². The Morgan fingerprint density at radius 2 is 2.16 bits per heavy atom. The fraction of sp³-hybridized carbons (Fsp3) is 0.529. The molecule has 1 aromatic carbocycles. The van der Waals surface area contributed by atoms with Crippen molar-refractivity contribution in [2.45, 2.75) is 26.8 Å². The Morgan fingerprint density at radius 1 is 1.32 bits per heavy atom. The van der Waals surface area contributed by atoms with E-state index in [2.05, 4.69) is 48.8 Å². The molecule has 19 heavy (non-hydrogen) atoms. The van der Waals surface area contributed by atoms with E-state index in [0.717, 1.165) is 23.9 Å². The van der Waals surface area contributed by atoms with E-state index in [1.807, 2.05) is 6.07 Å². The van der Waals surface area contributed by atoms with Crippen molar-refractivity contribution in [2.24, 2.45) is 17.6 Å². The van der Waals surface area contributed by atoms with E-state index in [1.165, 1.54) is 25.1 Å². The van der Waals surface area contributed by atoms with Gasteiger partial charge >= 0.3 is 0 Å². The standard InChI is InChI=1S/C17H24N2/c1-14-8-10-19(12-15(14)2)13-17-6-3-5-16(11-17)7-4-9-18/h3,5-6,11,14-15H,8-10,12-13,18H2,1-2H3. The molecule has 0 spiro atoms. The third-order valence-electron chi connectivity index (χ3n) is 4.09. The molecule has 2 nitrogen and oxygen atoms in total. The highest BCUT2D eigenvalue weighted by Crippen LogP contribution is 2.23. The van der Waals surface area contributed by atoms with Crippen LogP contribution in [0.1, 0.15) is 31.4 Å². The zero-order chi connectivity index (χ0) is 13.7. The summed E-state index contributed by atoms with van der Waals surface area (Å²) in [6, 6.07) is 8.51. The maximum atomic E-state index is 5.41. The van der Waals surface area contributed by atoms with Crippen LogP contribution in [0.25, 0.3) is 0 Å². The van der Waals surface area contributed by atoms with E-state index in [9.17, 15) is 0 Å². The highest BCUT2D eigenvalue weighted by Gasteiger charge is 2.22. The molecule has 0 aromatic heterocycles. The molecule has 0 aliphatic carbocycles. The van der Waals surface area contributed by atoms with Crippen molar-refractivity contribution in [3.63, 3.8) is 0 Å². The third kappa shape index (κ3) is 4.09. The first-order chi connectivity index (χ1) is 9.19. The van der Waals surface area contributed by atoms with Gasteiger partial charge in [-0.05, 0) is 42.5 Å². The van der Waals surface area contributed by atoms with Gasteiger partial charge in [-0.3, -0.25) is 4.90 Å². The molecule has 1 fully saturated rings. The highest BCUT2D eigenvalue weighted by atomic mass is 15.1. The Kier molecular flexibility index (Phi) is 5.01. The van der Waals surface area contributed by atoms with Gasteiger partial charge in [-0.25, -0.2) is 0 Å². The fourth-order valence-corrected chi connectivity index (χ4v) is 2.65. The molecular weight excluding hydrogens is 232 g/mol. The lowest BCUT2D eigenvalue weighted by Crippen LogP contribution is -2.37. The predicted octanol–water partition coefficient (Wildman–Crippen LogP) is 2.47. The first-order valence-electron chi connectivity index (χ1n) is 7.19. The number of nitrogens with zero attached hydrogens (tertiary/aromatic N) is 1. The Labute approximate surface area is 117 Å². The molecule has 1 aliphatic rings. The number of benzene rings is 1. The minimum atomic E-state index is 0.422. The van der Waals surface area contributed by atoms with E-state index < -0.39 is 0 Å². The highest BCUT2D eigenvalue weighted by molar-refractivity contribution is 5.37. The second kappa shape index (κ2) is 6.75. The third-order valence-corrected chi connectivity index (χ3v) is 4.09. The Hall–Kier alpha value is -1.30. The molecule has 0 saturated carbocycles. The van der Waals surface area contributed by atoms with Crippen LogP contribution in [0.2, 0.25) is 0 Å². The molecule has 0 radical (unpaired) electrons. The Bertz CT molecular complexity index is 470. The zero-order valence-electron chi connectivity index (χ0n) is 12.0. The van der Waals surface area contributed by atoms with Crippen LogP contribution >= 0.6 is 0 Å². The topological polar surface area (TPSA) is 29.3 Å². The van der Waals surface area contributed by atoms with Crippen LogP contribution < -0.4 is 5.73 Å². The molecule has 2 N–H and O–H groups in total. The number of likely N-dealkylation sites (tertiary alicyclic amines) is 1. The SMILES string of the molecule is CC1CCN(Cc2cccc(C#CCN)c2)CC1C. The van der Waals surface area contributed by atoms with Crippen LogP contribution in [-0.2, 0) is 6.54 Å². The average Bonchev–Trinajstić information content (AvgIpc) is 2.41. The van der Waals surface area contributed by atoms with E-state index in [0.29, 0.717) is 6.54 Å². The van der Waals surface area contributed by atoms with Gasteiger partial charge in [-0.1, -0.05) is 37.8 Å². The zero-order valence-corrected chi connectivity index (χ0v) is 12.0. The molecule has 2 rings (SSSR count). The van der Waals surface area contributed by atoms with E-state index >= 15 is 0 Å². The van der Waals surface area contributed by atoms with Crippen LogP contribution in [-0.4, -0.2) is 24.5 Å².